The zero-order chi connectivity index (χ0) is 12.9. The van der Waals surface area contributed by atoms with Crippen LogP contribution in [0.3, 0.4) is 0 Å². The largest absolute Gasteiger partial charge is 0.285 e. The fourth-order valence-corrected chi connectivity index (χ4v) is 1.79. The zero-order valence-electron chi connectivity index (χ0n) is 9.33. The van der Waals surface area contributed by atoms with E-state index < -0.39 is 21.8 Å². The van der Waals surface area contributed by atoms with Gasteiger partial charge >= 0.3 is 0 Å². The third-order valence-electron chi connectivity index (χ3n) is 1.99. The van der Waals surface area contributed by atoms with E-state index in [-0.39, 0.29) is 12.1 Å². The molecular formula is C11H13NO4S. The predicted octanol–water partition coefficient (Wildman–Crippen LogP) is 1.30. The van der Waals surface area contributed by atoms with Crippen LogP contribution in [0.4, 0.5) is 0 Å². The van der Waals surface area contributed by atoms with Gasteiger partial charge < -0.3 is 0 Å². The highest BCUT2D eigenvalue weighted by atomic mass is 32.2. The minimum atomic E-state index is -4.21. The number of amides is 1. The monoisotopic (exact) mass is 255 g/mol. The summed E-state index contributed by atoms with van der Waals surface area (Å²) in [7, 11) is -4.21. The van der Waals surface area contributed by atoms with Crippen LogP contribution < -0.4 is 0 Å². The molecule has 0 bridgehead atoms. The van der Waals surface area contributed by atoms with Gasteiger partial charge in [0.05, 0.1) is 5.71 Å². The molecule has 0 aromatic heterocycles. The molecule has 1 rings (SSSR count). The number of hydrogen-bond donors (Lipinski definition) is 1. The third-order valence-corrected chi connectivity index (χ3v) is 2.63. The van der Waals surface area contributed by atoms with E-state index in [1.807, 2.05) is 0 Å². The number of aliphatic imine (C=N–C) groups is 1. The molecule has 0 aliphatic carbocycles. The Hall–Kier alpha value is -1.53. The summed E-state index contributed by atoms with van der Waals surface area (Å²) in [5.74, 6) is -1.09. The fraction of sp³-hybridized carbons (Fsp3) is 0.273. The van der Waals surface area contributed by atoms with Crippen molar-refractivity contribution in [2.24, 2.45) is 4.99 Å². The third kappa shape index (κ3) is 4.88. The maximum absolute atomic E-state index is 11.2. The minimum Gasteiger partial charge on any atom is -0.285 e. The van der Waals surface area contributed by atoms with E-state index in [9.17, 15) is 13.2 Å². The van der Waals surface area contributed by atoms with E-state index in [0.717, 1.165) is 0 Å². The lowest BCUT2D eigenvalue weighted by molar-refractivity contribution is -0.117. The van der Waals surface area contributed by atoms with Crippen molar-refractivity contribution in [3.05, 3.63) is 35.9 Å². The first kappa shape index (κ1) is 13.5. The Morgan fingerprint density at radius 2 is 1.88 bits per heavy atom. The molecular weight excluding hydrogens is 242 g/mol. The topological polar surface area (TPSA) is 83.8 Å². The van der Waals surface area contributed by atoms with Crippen LogP contribution in [-0.4, -0.2) is 30.3 Å². The van der Waals surface area contributed by atoms with Gasteiger partial charge in [-0.2, -0.15) is 8.42 Å². The first-order valence-electron chi connectivity index (χ1n) is 5.03. The van der Waals surface area contributed by atoms with Gasteiger partial charge in [-0.25, -0.2) is 4.99 Å². The van der Waals surface area contributed by atoms with Crippen molar-refractivity contribution in [1.82, 2.24) is 0 Å². The van der Waals surface area contributed by atoms with Gasteiger partial charge in [0.2, 0.25) is 5.91 Å². The van der Waals surface area contributed by atoms with Crippen LogP contribution in [0.1, 0.15) is 18.9 Å². The number of carbonyl (C=O) groups excluding carboxylic acids is 1. The average molecular weight is 255 g/mol. The first-order valence-corrected chi connectivity index (χ1v) is 6.64. The van der Waals surface area contributed by atoms with E-state index >= 15 is 0 Å². The number of benzene rings is 1. The van der Waals surface area contributed by atoms with Gasteiger partial charge in [-0.3, -0.25) is 9.35 Å². The first-order chi connectivity index (χ1) is 7.92. The second-order valence-corrected chi connectivity index (χ2v) is 4.85. The summed E-state index contributed by atoms with van der Waals surface area (Å²) in [4.78, 5) is 14.9. The van der Waals surface area contributed by atoms with E-state index in [1.165, 1.54) is 0 Å². The lowest BCUT2D eigenvalue weighted by Gasteiger charge is -2.04. The van der Waals surface area contributed by atoms with E-state index in [1.54, 1.807) is 37.3 Å². The van der Waals surface area contributed by atoms with Crippen molar-refractivity contribution in [3.8, 4) is 0 Å². The lowest BCUT2D eigenvalue weighted by Crippen LogP contribution is -2.17. The van der Waals surface area contributed by atoms with Gasteiger partial charge in [-0.05, 0) is 5.56 Å². The fourth-order valence-electron chi connectivity index (χ4n) is 1.21. The molecule has 0 atom stereocenters. The molecule has 92 valence electrons. The van der Waals surface area contributed by atoms with Crippen molar-refractivity contribution in [2.75, 3.05) is 5.75 Å². The molecule has 0 spiro atoms. The Bertz CT molecular complexity index is 520. The number of nitrogens with zero attached hydrogens (tertiary/aromatic N) is 1. The SMILES string of the molecule is CCC(=O)N=C(CS(=O)(=O)O)c1ccccc1. The molecule has 1 aromatic carbocycles. The maximum atomic E-state index is 11.2. The van der Waals surface area contributed by atoms with Crippen LogP contribution >= 0.6 is 0 Å². The molecule has 1 N–H and O–H groups in total. The van der Waals surface area contributed by atoms with Gasteiger partial charge in [0.25, 0.3) is 10.1 Å². The molecule has 6 heteroatoms. The molecule has 1 amide bonds. The molecule has 1 aromatic rings. The maximum Gasteiger partial charge on any atom is 0.270 e. The molecule has 0 saturated carbocycles. The van der Waals surface area contributed by atoms with Crippen molar-refractivity contribution in [3.63, 3.8) is 0 Å². The molecule has 0 saturated heterocycles. The van der Waals surface area contributed by atoms with Crippen molar-refractivity contribution in [1.29, 1.82) is 0 Å². The summed E-state index contributed by atoms with van der Waals surface area (Å²) in [6.07, 6.45) is 0.182. The second-order valence-electron chi connectivity index (χ2n) is 3.40. The highest BCUT2D eigenvalue weighted by molar-refractivity contribution is 7.86. The Labute approximate surface area is 99.9 Å². The standard InChI is InChI=1S/C11H13NO4S/c1-2-11(13)12-10(8-17(14,15)16)9-6-4-3-5-7-9/h3-7H,2,8H2,1H3,(H,14,15,16). The van der Waals surface area contributed by atoms with Crippen LogP contribution in [0.15, 0.2) is 35.3 Å². The normalized spacial score (nSPS) is 12.5. The van der Waals surface area contributed by atoms with Crippen LogP contribution in [-0.2, 0) is 14.9 Å². The summed E-state index contributed by atoms with van der Waals surface area (Å²) in [6.45, 7) is 1.63. The predicted molar refractivity (Wildman–Crippen MR) is 64.7 cm³/mol. The van der Waals surface area contributed by atoms with Gasteiger partial charge in [-0.1, -0.05) is 37.3 Å². The van der Waals surface area contributed by atoms with Crippen molar-refractivity contribution >= 4 is 21.7 Å². The Morgan fingerprint density at radius 1 is 1.29 bits per heavy atom. The number of rotatable bonds is 4. The Kier molecular flexibility index (Phi) is 4.53. The molecule has 0 unspecified atom stereocenters. The van der Waals surface area contributed by atoms with Crippen LogP contribution in [0.5, 0.6) is 0 Å². The Balaban J connectivity index is 3.12. The summed E-state index contributed by atoms with van der Waals surface area (Å²) in [5.41, 5.74) is 0.562. The summed E-state index contributed by atoms with van der Waals surface area (Å²) in [6, 6.07) is 8.42. The van der Waals surface area contributed by atoms with Gasteiger partial charge in [0.1, 0.15) is 5.75 Å². The van der Waals surface area contributed by atoms with Gasteiger partial charge in [-0.15, -0.1) is 0 Å². The highest BCUT2D eigenvalue weighted by Crippen LogP contribution is 2.04. The smallest absolute Gasteiger partial charge is 0.270 e. The quantitative estimate of drug-likeness (QED) is 0.649. The van der Waals surface area contributed by atoms with Crippen LogP contribution in [0.2, 0.25) is 0 Å². The minimum absolute atomic E-state index is 0.0555. The second kappa shape index (κ2) is 5.70. The molecule has 0 heterocycles. The van der Waals surface area contributed by atoms with Crippen LogP contribution in [0.25, 0.3) is 0 Å². The van der Waals surface area contributed by atoms with Crippen LogP contribution in [0, 0.1) is 0 Å². The molecule has 0 aliphatic rings. The zero-order valence-corrected chi connectivity index (χ0v) is 10.1. The number of hydrogen-bond acceptors (Lipinski definition) is 3. The molecule has 5 nitrogen and oxygen atoms in total. The highest BCUT2D eigenvalue weighted by Gasteiger charge is 2.14. The van der Waals surface area contributed by atoms with Gasteiger partial charge in [0.15, 0.2) is 0 Å². The molecule has 0 aliphatic heterocycles. The van der Waals surface area contributed by atoms with E-state index in [4.69, 9.17) is 4.55 Å². The molecule has 0 radical (unpaired) electrons. The van der Waals surface area contributed by atoms with Gasteiger partial charge in [0, 0.05) is 6.42 Å². The molecule has 0 fully saturated rings. The average Bonchev–Trinajstić information content (AvgIpc) is 2.27. The molecule has 17 heavy (non-hydrogen) atoms. The lowest BCUT2D eigenvalue weighted by atomic mass is 10.1. The summed E-state index contributed by atoms with van der Waals surface area (Å²) >= 11 is 0. The summed E-state index contributed by atoms with van der Waals surface area (Å²) in [5, 5.41) is 0. The van der Waals surface area contributed by atoms with Crippen molar-refractivity contribution < 1.29 is 17.8 Å². The summed E-state index contributed by atoms with van der Waals surface area (Å²) < 4.78 is 30.5. The van der Waals surface area contributed by atoms with E-state index in [2.05, 4.69) is 4.99 Å². The number of carbonyl (C=O) groups is 1. The Morgan fingerprint density at radius 3 is 2.35 bits per heavy atom. The van der Waals surface area contributed by atoms with E-state index in [0.29, 0.717) is 5.56 Å². The van der Waals surface area contributed by atoms with Crippen molar-refractivity contribution in [2.45, 2.75) is 13.3 Å².